The maximum Gasteiger partial charge on any atom is 0.226 e. The predicted octanol–water partition coefficient (Wildman–Crippen LogP) is 4.12. The van der Waals surface area contributed by atoms with Gasteiger partial charge < -0.3 is 10.6 Å². The summed E-state index contributed by atoms with van der Waals surface area (Å²) in [6, 6.07) is 11.6. The summed E-state index contributed by atoms with van der Waals surface area (Å²) in [7, 11) is 0. The molecule has 6 fully saturated rings. The van der Waals surface area contributed by atoms with E-state index in [1.807, 2.05) is 0 Å². The van der Waals surface area contributed by atoms with Gasteiger partial charge in [-0.25, -0.2) is 0 Å². The van der Waals surface area contributed by atoms with Gasteiger partial charge in [-0.3, -0.25) is 9.18 Å². The zero-order valence-corrected chi connectivity index (χ0v) is 17.3. The molecule has 2 N–H and O–H groups in total. The summed E-state index contributed by atoms with van der Waals surface area (Å²) < 4.78 is 13.7. The highest BCUT2D eigenvalue weighted by Crippen LogP contribution is 2.71. The number of rotatable bonds is 5. The topological polar surface area (TPSA) is 41.1 Å². The maximum atomic E-state index is 13.8. The first-order chi connectivity index (χ1) is 14.0. The van der Waals surface area contributed by atoms with Gasteiger partial charge in [0.25, 0.3) is 0 Å². The molecule has 6 aliphatic rings. The van der Waals surface area contributed by atoms with Crippen LogP contribution in [0.5, 0.6) is 0 Å². The number of alkyl halides is 1. The van der Waals surface area contributed by atoms with Crippen LogP contribution in [0.2, 0.25) is 0 Å². The van der Waals surface area contributed by atoms with Gasteiger partial charge in [0.15, 0.2) is 0 Å². The molecule has 7 atom stereocenters. The van der Waals surface area contributed by atoms with Crippen molar-refractivity contribution < 1.29 is 9.18 Å². The highest BCUT2D eigenvalue weighted by atomic mass is 19.1. The average molecular weight is 397 g/mol. The summed E-state index contributed by atoms with van der Waals surface area (Å²) >= 11 is 0. The van der Waals surface area contributed by atoms with Crippen molar-refractivity contribution in [3.63, 3.8) is 0 Å². The number of amides is 1. The summed E-state index contributed by atoms with van der Waals surface area (Å²) in [5.41, 5.74) is 1.15. The quantitative estimate of drug-likeness (QED) is 0.786. The average Bonchev–Trinajstić information content (AvgIpc) is 3.31. The van der Waals surface area contributed by atoms with Crippen molar-refractivity contribution in [3.8, 4) is 0 Å². The van der Waals surface area contributed by atoms with Crippen LogP contribution in [0, 0.1) is 22.7 Å². The number of benzene rings is 1. The number of nitrogens with one attached hydrogen (secondary N) is 2. The highest BCUT2D eigenvalue weighted by molar-refractivity contribution is 5.84. The molecule has 4 heteroatoms. The Morgan fingerprint density at radius 3 is 2.66 bits per heavy atom. The van der Waals surface area contributed by atoms with Crippen LogP contribution in [-0.4, -0.2) is 31.2 Å². The van der Waals surface area contributed by atoms with Crippen molar-refractivity contribution in [3.05, 3.63) is 35.9 Å². The smallest absolute Gasteiger partial charge is 0.226 e. The highest BCUT2D eigenvalue weighted by Gasteiger charge is 2.65. The van der Waals surface area contributed by atoms with Crippen LogP contribution in [-0.2, 0) is 10.2 Å². The number of halogens is 1. The van der Waals surface area contributed by atoms with E-state index in [-0.39, 0.29) is 28.8 Å². The summed E-state index contributed by atoms with van der Waals surface area (Å²) in [6.07, 6.45) is 9.19. The van der Waals surface area contributed by atoms with Crippen LogP contribution in [0.25, 0.3) is 0 Å². The molecule has 0 spiro atoms. The van der Waals surface area contributed by atoms with Crippen LogP contribution in [0.4, 0.5) is 4.39 Å². The molecule has 0 aromatic heterocycles. The van der Waals surface area contributed by atoms with Crippen LogP contribution in [0.15, 0.2) is 30.3 Å². The molecule has 1 saturated heterocycles. The first kappa shape index (κ1) is 18.4. The van der Waals surface area contributed by atoms with Gasteiger partial charge in [0, 0.05) is 12.1 Å². The zero-order valence-electron chi connectivity index (χ0n) is 17.3. The SMILES string of the molecule is O=C(NC1CC2CNC1C2)C12CC3C[C@@](CCF)(C1)C[C@](c1ccccc1)(C3)C2. The second-order valence-corrected chi connectivity index (χ2v) is 11.3. The minimum atomic E-state index is -0.299. The van der Waals surface area contributed by atoms with E-state index < -0.39 is 0 Å². The predicted molar refractivity (Wildman–Crippen MR) is 111 cm³/mol. The van der Waals surface area contributed by atoms with E-state index in [0.717, 1.165) is 51.0 Å². The Kier molecular flexibility index (Phi) is 3.98. The number of hydrogen-bond acceptors (Lipinski definition) is 2. The monoisotopic (exact) mass is 396 g/mol. The van der Waals surface area contributed by atoms with E-state index in [0.29, 0.717) is 24.4 Å². The third-order valence-electron chi connectivity index (χ3n) is 9.32. The standard InChI is InChI=1S/C25H33FN2O/c26-7-6-23-10-18-11-24(14-23,19-4-2-1-3-5-19)16-25(12-18,15-23)22(29)28-21-9-17-8-20(21)27-13-17/h1-5,17-18,20-21,27H,6-16H2,(H,28,29)/t17?,18?,20?,21?,23-,24-,25?/m1/s1. The zero-order chi connectivity index (χ0) is 19.7. The number of fused-ring (bicyclic) bond motifs is 2. The lowest BCUT2D eigenvalue weighted by atomic mass is 9.38. The lowest BCUT2D eigenvalue weighted by molar-refractivity contribution is -0.165. The van der Waals surface area contributed by atoms with E-state index in [9.17, 15) is 9.18 Å². The molecule has 5 aliphatic carbocycles. The Morgan fingerprint density at radius 2 is 1.93 bits per heavy atom. The molecule has 1 aromatic carbocycles. The van der Waals surface area contributed by atoms with Gasteiger partial charge in [-0.1, -0.05) is 30.3 Å². The summed E-state index contributed by atoms with van der Waals surface area (Å²) in [4.78, 5) is 13.8. The second-order valence-electron chi connectivity index (χ2n) is 11.3. The third kappa shape index (κ3) is 2.74. The van der Waals surface area contributed by atoms with Crippen LogP contribution < -0.4 is 10.6 Å². The van der Waals surface area contributed by atoms with Gasteiger partial charge in [-0.05, 0) is 92.6 Å². The van der Waals surface area contributed by atoms with Crippen molar-refractivity contribution >= 4 is 5.91 Å². The number of hydrogen-bond donors (Lipinski definition) is 2. The van der Waals surface area contributed by atoms with Crippen LogP contribution >= 0.6 is 0 Å². The lowest BCUT2D eigenvalue weighted by Crippen LogP contribution is -2.64. The van der Waals surface area contributed by atoms with Gasteiger partial charge in [0.05, 0.1) is 12.1 Å². The maximum absolute atomic E-state index is 13.8. The largest absolute Gasteiger partial charge is 0.351 e. The Labute approximate surface area is 173 Å². The van der Waals surface area contributed by atoms with Gasteiger partial charge in [-0.15, -0.1) is 0 Å². The summed E-state index contributed by atoms with van der Waals surface area (Å²) in [6.45, 7) is 0.854. The molecule has 156 valence electrons. The molecule has 1 aromatic rings. The first-order valence-electron chi connectivity index (χ1n) is 11.7. The Bertz CT molecular complexity index is 814. The molecule has 5 saturated carbocycles. The van der Waals surface area contributed by atoms with E-state index in [2.05, 4.69) is 41.0 Å². The van der Waals surface area contributed by atoms with Gasteiger partial charge in [0.1, 0.15) is 0 Å². The lowest BCUT2D eigenvalue weighted by Gasteiger charge is -2.66. The van der Waals surface area contributed by atoms with E-state index in [1.54, 1.807) is 0 Å². The van der Waals surface area contributed by atoms with Gasteiger partial charge in [0.2, 0.25) is 5.91 Å². The Hall–Kier alpha value is -1.42. The van der Waals surface area contributed by atoms with Gasteiger partial charge >= 0.3 is 0 Å². The molecule has 3 nitrogen and oxygen atoms in total. The number of carbonyl (C=O) groups excluding carboxylic acids is 1. The van der Waals surface area contributed by atoms with E-state index in [1.165, 1.54) is 18.4 Å². The molecule has 6 bridgehead atoms. The molecule has 29 heavy (non-hydrogen) atoms. The molecule has 7 rings (SSSR count). The van der Waals surface area contributed by atoms with Crippen LogP contribution in [0.1, 0.15) is 63.4 Å². The third-order valence-corrected chi connectivity index (χ3v) is 9.32. The first-order valence-corrected chi connectivity index (χ1v) is 11.7. The number of piperidine rings is 1. The molecule has 1 aliphatic heterocycles. The molecule has 5 unspecified atom stereocenters. The molecule has 0 radical (unpaired) electrons. The van der Waals surface area contributed by atoms with Crippen molar-refractivity contribution in [2.24, 2.45) is 22.7 Å². The Balaban J connectivity index is 1.34. The Morgan fingerprint density at radius 1 is 1.07 bits per heavy atom. The molecule has 1 amide bonds. The van der Waals surface area contributed by atoms with Gasteiger partial charge in [-0.2, -0.15) is 0 Å². The van der Waals surface area contributed by atoms with Crippen molar-refractivity contribution in [1.82, 2.24) is 10.6 Å². The molecular weight excluding hydrogens is 363 g/mol. The van der Waals surface area contributed by atoms with Crippen molar-refractivity contribution in [1.29, 1.82) is 0 Å². The summed E-state index contributed by atoms with van der Waals surface area (Å²) in [5.74, 6) is 1.57. The minimum absolute atomic E-state index is 0.00821. The minimum Gasteiger partial charge on any atom is -0.351 e. The summed E-state index contributed by atoms with van der Waals surface area (Å²) in [5, 5.41) is 7.08. The fourth-order valence-corrected chi connectivity index (χ4v) is 8.82. The number of carbonyl (C=O) groups is 1. The normalized spacial score (nSPS) is 46.9. The fourth-order valence-electron chi connectivity index (χ4n) is 8.82. The fraction of sp³-hybridized carbons (Fsp3) is 0.720. The van der Waals surface area contributed by atoms with E-state index in [4.69, 9.17) is 0 Å². The second kappa shape index (κ2) is 6.29. The molecule has 1 heterocycles. The van der Waals surface area contributed by atoms with Crippen molar-refractivity contribution in [2.45, 2.75) is 75.3 Å². The molecular formula is C25H33FN2O. The van der Waals surface area contributed by atoms with Crippen LogP contribution in [0.3, 0.4) is 0 Å². The van der Waals surface area contributed by atoms with Crippen molar-refractivity contribution in [2.75, 3.05) is 13.2 Å². The van der Waals surface area contributed by atoms with E-state index >= 15 is 0 Å².